The van der Waals surface area contributed by atoms with E-state index in [4.69, 9.17) is 11.6 Å². The minimum absolute atomic E-state index is 0.124. The van der Waals surface area contributed by atoms with E-state index in [0.717, 1.165) is 28.2 Å². The lowest BCUT2D eigenvalue weighted by atomic mass is 10.1. The van der Waals surface area contributed by atoms with Crippen molar-refractivity contribution in [2.75, 3.05) is 17.6 Å². The number of aryl methyl sites for hydroxylation is 1. The fourth-order valence-corrected chi connectivity index (χ4v) is 5.60. The molecule has 30 heavy (non-hydrogen) atoms. The van der Waals surface area contributed by atoms with E-state index in [-0.39, 0.29) is 21.9 Å². The van der Waals surface area contributed by atoms with E-state index >= 15 is 0 Å². The van der Waals surface area contributed by atoms with E-state index in [9.17, 15) is 13.2 Å². The zero-order valence-corrected chi connectivity index (χ0v) is 19.2. The summed E-state index contributed by atoms with van der Waals surface area (Å²) in [6.07, 6.45) is 0. The van der Waals surface area contributed by atoms with Gasteiger partial charge < -0.3 is 0 Å². The molecule has 2 N–H and O–H groups in total. The van der Waals surface area contributed by atoms with Gasteiger partial charge in [-0.2, -0.15) is 11.8 Å². The first-order valence-electron chi connectivity index (χ1n) is 8.87. The molecule has 2 aromatic carbocycles. The molecule has 0 saturated heterocycles. The molecule has 7 nitrogen and oxygen atoms in total. The second-order valence-corrected chi connectivity index (χ2v) is 10.7. The predicted molar refractivity (Wildman–Crippen MR) is 122 cm³/mol. The molecular formula is C19H19ClN4O3S3. The summed E-state index contributed by atoms with van der Waals surface area (Å²) in [6.45, 7) is 2.07. The molecular weight excluding hydrogens is 464 g/mol. The normalized spacial score (nSPS) is 11.4. The van der Waals surface area contributed by atoms with Gasteiger partial charge in [0.2, 0.25) is 9.47 Å². The number of halogens is 1. The van der Waals surface area contributed by atoms with Crippen LogP contribution in [0.2, 0.25) is 5.02 Å². The van der Waals surface area contributed by atoms with Gasteiger partial charge in [0.05, 0.1) is 0 Å². The summed E-state index contributed by atoms with van der Waals surface area (Å²) in [4.78, 5) is 12.3. The average Bonchev–Trinajstić information content (AvgIpc) is 3.17. The summed E-state index contributed by atoms with van der Waals surface area (Å²) in [7, 11) is -3.79. The highest BCUT2D eigenvalue weighted by Crippen LogP contribution is 2.21. The van der Waals surface area contributed by atoms with Gasteiger partial charge in [-0.05, 0) is 36.2 Å². The van der Waals surface area contributed by atoms with Crippen LogP contribution in [0.4, 0.5) is 5.13 Å². The van der Waals surface area contributed by atoms with Crippen molar-refractivity contribution in [3.63, 3.8) is 0 Å². The summed E-state index contributed by atoms with van der Waals surface area (Å²) in [5.41, 5.74) is 2.38. The average molecular weight is 483 g/mol. The Morgan fingerprint density at radius 3 is 2.73 bits per heavy atom. The highest BCUT2D eigenvalue weighted by atomic mass is 35.5. The molecule has 1 amide bonds. The van der Waals surface area contributed by atoms with E-state index < -0.39 is 10.0 Å². The van der Waals surface area contributed by atoms with Crippen LogP contribution in [0.5, 0.6) is 0 Å². The van der Waals surface area contributed by atoms with E-state index in [1.807, 2.05) is 43.3 Å². The molecule has 0 atom stereocenters. The maximum absolute atomic E-state index is 12.4. The molecule has 0 spiro atoms. The largest absolute Gasteiger partial charge is 0.296 e. The molecule has 0 bridgehead atoms. The highest BCUT2D eigenvalue weighted by Gasteiger charge is 2.21. The molecule has 0 unspecified atom stereocenters. The number of sulfonamides is 1. The number of rotatable bonds is 9. The maximum Gasteiger partial charge on any atom is 0.269 e. The topological polar surface area (TPSA) is 101 Å². The van der Waals surface area contributed by atoms with Crippen molar-refractivity contribution in [1.82, 2.24) is 14.9 Å². The Bertz CT molecular complexity index is 1140. The van der Waals surface area contributed by atoms with Crippen LogP contribution in [0, 0.1) is 6.92 Å². The van der Waals surface area contributed by atoms with Crippen molar-refractivity contribution >= 4 is 55.8 Å². The molecule has 1 aromatic heterocycles. The smallest absolute Gasteiger partial charge is 0.269 e. The van der Waals surface area contributed by atoms with Crippen LogP contribution in [0.1, 0.15) is 21.5 Å². The van der Waals surface area contributed by atoms with Gasteiger partial charge in [0.25, 0.3) is 15.9 Å². The molecule has 0 fully saturated rings. The van der Waals surface area contributed by atoms with Gasteiger partial charge in [0.15, 0.2) is 0 Å². The molecule has 3 aromatic rings. The van der Waals surface area contributed by atoms with Gasteiger partial charge in [-0.15, -0.1) is 10.2 Å². The Morgan fingerprint density at radius 2 is 1.97 bits per heavy atom. The lowest BCUT2D eigenvalue weighted by Gasteiger charge is -2.05. The minimum Gasteiger partial charge on any atom is -0.296 e. The van der Waals surface area contributed by atoms with Crippen molar-refractivity contribution in [2.24, 2.45) is 0 Å². The van der Waals surface area contributed by atoms with Gasteiger partial charge in [0, 0.05) is 28.6 Å². The molecule has 158 valence electrons. The second-order valence-electron chi connectivity index (χ2n) is 6.22. The van der Waals surface area contributed by atoms with Crippen LogP contribution >= 0.6 is 34.7 Å². The summed E-state index contributed by atoms with van der Waals surface area (Å²) in [5.74, 6) is 0.955. The van der Waals surface area contributed by atoms with Crippen LogP contribution in [0.25, 0.3) is 0 Å². The van der Waals surface area contributed by atoms with Crippen molar-refractivity contribution in [3.8, 4) is 0 Å². The van der Waals surface area contributed by atoms with Gasteiger partial charge >= 0.3 is 0 Å². The van der Waals surface area contributed by atoms with Crippen LogP contribution in [0.3, 0.4) is 0 Å². The van der Waals surface area contributed by atoms with Crippen LogP contribution in [-0.4, -0.2) is 36.8 Å². The Kier molecular flexibility index (Phi) is 7.84. The summed E-state index contributed by atoms with van der Waals surface area (Å²) in [5, 5.41) is 10.9. The van der Waals surface area contributed by atoms with Crippen molar-refractivity contribution < 1.29 is 13.2 Å². The van der Waals surface area contributed by atoms with E-state index in [1.54, 1.807) is 23.9 Å². The number of nitrogens with one attached hydrogen (secondary N) is 2. The van der Waals surface area contributed by atoms with Gasteiger partial charge in [-0.25, -0.2) is 13.1 Å². The van der Waals surface area contributed by atoms with Crippen LogP contribution in [0.15, 0.2) is 52.9 Å². The summed E-state index contributed by atoms with van der Waals surface area (Å²) < 4.78 is 27.1. The SMILES string of the molecule is Cc1ccccc1C(=O)Nc1nnc(S(=O)(=O)NCCSCc2cccc(Cl)c2)s1. The van der Waals surface area contributed by atoms with Crippen LogP contribution in [-0.2, 0) is 15.8 Å². The third-order valence-electron chi connectivity index (χ3n) is 3.94. The molecule has 0 aliphatic heterocycles. The van der Waals surface area contributed by atoms with Crippen LogP contribution < -0.4 is 10.0 Å². The zero-order valence-electron chi connectivity index (χ0n) is 16.0. The number of anilines is 1. The van der Waals surface area contributed by atoms with Crippen molar-refractivity contribution in [1.29, 1.82) is 0 Å². The maximum atomic E-state index is 12.4. The molecule has 3 rings (SSSR count). The monoisotopic (exact) mass is 482 g/mol. The first kappa shape index (κ1) is 22.7. The molecule has 0 saturated carbocycles. The number of amides is 1. The van der Waals surface area contributed by atoms with E-state index in [0.29, 0.717) is 16.3 Å². The van der Waals surface area contributed by atoms with Gasteiger partial charge in [-0.1, -0.05) is 53.3 Å². The Morgan fingerprint density at radius 1 is 1.17 bits per heavy atom. The third kappa shape index (κ3) is 6.26. The standard InChI is InChI=1S/C19H19ClN4O3S3/c1-13-5-2-3-8-16(13)17(25)22-18-23-24-19(29-18)30(26,27)21-9-10-28-12-14-6-4-7-15(20)11-14/h2-8,11,21H,9-10,12H2,1H3,(H,22,23,25). The Hall–Kier alpha value is -1.98. The number of aromatic nitrogens is 2. The lowest BCUT2D eigenvalue weighted by Crippen LogP contribution is -2.26. The quantitative estimate of drug-likeness (QED) is 0.353. The molecule has 1 heterocycles. The number of nitrogens with zero attached hydrogens (tertiary/aromatic N) is 2. The van der Waals surface area contributed by atoms with Crippen molar-refractivity contribution in [2.45, 2.75) is 17.0 Å². The van der Waals surface area contributed by atoms with Crippen molar-refractivity contribution in [3.05, 3.63) is 70.2 Å². The molecule has 0 aliphatic rings. The molecule has 0 aliphatic carbocycles. The summed E-state index contributed by atoms with van der Waals surface area (Å²) >= 11 is 8.34. The van der Waals surface area contributed by atoms with E-state index in [1.165, 1.54) is 0 Å². The fourth-order valence-electron chi connectivity index (χ4n) is 2.49. The number of carbonyl (C=O) groups is 1. The molecule has 0 radical (unpaired) electrons. The lowest BCUT2D eigenvalue weighted by molar-refractivity contribution is 0.102. The predicted octanol–water partition coefficient (Wildman–Crippen LogP) is 3.96. The highest BCUT2D eigenvalue weighted by molar-refractivity contribution is 7.98. The fraction of sp³-hybridized carbons (Fsp3) is 0.211. The first-order chi connectivity index (χ1) is 14.3. The molecule has 11 heteroatoms. The number of hydrogen-bond acceptors (Lipinski definition) is 7. The summed E-state index contributed by atoms with van der Waals surface area (Å²) in [6, 6.07) is 14.6. The minimum atomic E-state index is -3.79. The Labute approximate surface area is 188 Å². The van der Waals surface area contributed by atoms with Gasteiger partial charge in [0.1, 0.15) is 0 Å². The third-order valence-corrected chi connectivity index (χ3v) is 7.88. The number of hydrogen-bond donors (Lipinski definition) is 2. The van der Waals surface area contributed by atoms with Gasteiger partial charge in [-0.3, -0.25) is 10.1 Å². The second kappa shape index (κ2) is 10.4. The first-order valence-corrected chi connectivity index (χ1v) is 12.7. The zero-order chi connectivity index (χ0) is 21.6. The number of thioether (sulfide) groups is 1. The number of carbonyl (C=O) groups excluding carboxylic acids is 1. The Balaban J connectivity index is 1.50. The van der Waals surface area contributed by atoms with E-state index in [2.05, 4.69) is 20.2 Å². The number of benzene rings is 2.